The van der Waals surface area contributed by atoms with E-state index in [1.165, 1.54) is 41.3 Å². The number of sulfone groups is 1. The average Bonchev–Trinajstić information content (AvgIpc) is 3.00. The van der Waals surface area contributed by atoms with Gasteiger partial charge in [-0.15, -0.1) is 11.3 Å². The standard InChI is InChI=1S/C18H26N4O2S2/c1-26(23,24)11-10-22-8-6-13(7-9-22)21-17-16-14-4-2-3-5-15(14)25-18(16)20-12-19-17/h12-13H,2-11H2,1H3,(H,19,20,21). The fraction of sp³-hybridized carbons (Fsp3) is 0.667. The van der Waals surface area contributed by atoms with Gasteiger partial charge < -0.3 is 10.2 Å². The zero-order chi connectivity index (χ0) is 18.1. The summed E-state index contributed by atoms with van der Waals surface area (Å²) in [5.74, 6) is 1.24. The number of fused-ring (bicyclic) bond motifs is 3. The van der Waals surface area contributed by atoms with Gasteiger partial charge >= 0.3 is 0 Å². The van der Waals surface area contributed by atoms with Gasteiger partial charge in [0.15, 0.2) is 0 Å². The zero-order valence-electron chi connectivity index (χ0n) is 15.2. The molecule has 26 heavy (non-hydrogen) atoms. The highest BCUT2D eigenvalue weighted by Crippen LogP contribution is 2.38. The summed E-state index contributed by atoms with van der Waals surface area (Å²) in [4.78, 5) is 13.9. The Bertz CT molecular complexity index is 886. The molecule has 8 heteroatoms. The molecule has 0 radical (unpaired) electrons. The maximum absolute atomic E-state index is 11.3. The van der Waals surface area contributed by atoms with Crippen LogP contribution >= 0.6 is 11.3 Å². The topological polar surface area (TPSA) is 75.2 Å². The molecule has 0 saturated carbocycles. The molecule has 2 aromatic rings. The SMILES string of the molecule is CS(=O)(=O)CCN1CCC(Nc2ncnc3sc4c(c23)CCCC4)CC1. The summed E-state index contributed by atoms with van der Waals surface area (Å²) in [6, 6.07) is 0.390. The second-order valence-electron chi connectivity index (χ2n) is 7.50. The molecule has 142 valence electrons. The number of piperidine rings is 1. The number of nitrogens with one attached hydrogen (secondary N) is 1. The van der Waals surface area contributed by atoms with E-state index in [4.69, 9.17) is 0 Å². The Kier molecular flexibility index (Phi) is 5.16. The second-order valence-corrected chi connectivity index (χ2v) is 10.8. The first-order valence-corrected chi connectivity index (χ1v) is 12.3. The van der Waals surface area contributed by atoms with Crippen LogP contribution in [0.3, 0.4) is 0 Å². The molecule has 1 aliphatic heterocycles. The molecule has 3 heterocycles. The second kappa shape index (κ2) is 7.40. The number of hydrogen-bond acceptors (Lipinski definition) is 7. The molecule has 0 amide bonds. The van der Waals surface area contributed by atoms with Gasteiger partial charge in [-0.3, -0.25) is 0 Å². The molecule has 1 saturated heterocycles. The lowest BCUT2D eigenvalue weighted by Gasteiger charge is -2.32. The molecule has 1 aliphatic carbocycles. The Morgan fingerprint density at radius 3 is 2.77 bits per heavy atom. The predicted octanol–water partition coefficient (Wildman–Crippen LogP) is 2.49. The molecular formula is C18H26N4O2S2. The van der Waals surface area contributed by atoms with Gasteiger partial charge in [0.2, 0.25) is 0 Å². The van der Waals surface area contributed by atoms with Crippen LogP contribution in [0.5, 0.6) is 0 Å². The lowest BCUT2D eigenvalue weighted by Crippen LogP contribution is -2.41. The first kappa shape index (κ1) is 18.1. The van der Waals surface area contributed by atoms with E-state index < -0.39 is 9.84 Å². The highest BCUT2D eigenvalue weighted by Gasteiger charge is 2.23. The van der Waals surface area contributed by atoms with Gasteiger partial charge in [0.25, 0.3) is 0 Å². The quantitative estimate of drug-likeness (QED) is 0.840. The lowest BCUT2D eigenvalue weighted by atomic mass is 9.96. The number of anilines is 1. The predicted molar refractivity (Wildman–Crippen MR) is 107 cm³/mol. The number of nitrogens with zero attached hydrogens (tertiary/aromatic N) is 3. The Labute approximate surface area is 158 Å². The summed E-state index contributed by atoms with van der Waals surface area (Å²) in [7, 11) is -2.89. The third kappa shape index (κ3) is 4.02. The van der Waals surface area contributed by atoms with Gasteiger partial charge in [-0.25, -0.2) is 18.4 Å². The Morgan fingerprint density at radius 2 is 2.00 bits per heavy atom. The molecule has 4 rings (SSSR count). The van der Waals surface area contributed by atoms with Crippen LogP contribution < -0.4 is 5.32 Å². The zero-order valence-corrected chi connectivity index (χ0v) is 16.8. The van der Waals surface area contributed by atoms with Crippen molar-refractivity contribution in [2.24, 2.45) is 0 Å². The van der Waals surface area contributed by atoms with E-state index in [1.54, 1.807) is 6.33 Å². The summed E-state index contributed by atoms with van der Waals surface area (Å²) >= 11 is 1.83. The minimum atomic E-state index is -2.89. The number of aryl methyl sites for hydroxylation is 2. The van der Waals surface area contributed by atoms with Crippen molar-refractivity contribution in [3.8, 4) is 0 Å². The molecule has 0 spiro atoms. The normalized spacial score (nSPS) is 19.6. The van der Waals surface area contributed by atoms with E-state index >= 15 is 0 Å². The van der Waals surface area contributed by atoms with Crippen molar-refractivity contribution in [2.45, 2.75) is 44.6 Å². The number of rotatable bonds is 5. The highest BCUT2D eigenvalue weighted by molar-refractivity contribution is 7.90. The fourth-order valence-electron chi connectivity index (χ4n) is 3.99. The van der Waals surface area contributed by atoms with E-state index in [2.05, 4.69) is 20.2 Å². The molecule has 1 fully saturated rings. The summed E-state index contributed by atoms with van der Waals surface area (Å²) in [6.07, 6.45) is 9.87. The highest BCUT2D eigenvalue weighted by atomic mass is 32.2. The minimum absolute atomic E-state index is 0.249. The average molecular weight is 395 g/mol. The van der Waals surface area contributed by atoms with Crippen molar-refractivity contribution in [1.82, 2.24) is 14.9 Å². The van der Waals surface area contributed by atoms with Gasteiger partial charge in [-0.05, 0) is 44.1 Å². The van der Waals surface area contributed by atoms with Gasteiger partial charge in [0, 0.05) is 36.8 Å². The number of likely N-dealkylation sites (tertiary alicyclic amines) is 1. The minimum Gasteiger partial charge on any atom is -0.367 e. The summed E-state index contributed by atoms with van der Waals surface area (Å²) < 4.78 is 22.7. The molecule has 0 bridgehead atoms. The molecule has 2 aliphatic rings. The maximum atomic E-state index is 11.3. The first-order chi connectivity index (χ1) is 12.5. The van der Waals surface area contributed by atoms with Gasteiger partial charge in [-0.2, -0.15) is 0 Å². The van der Waals surface area contributed by atoms with E-state index in [0.29, 0.717) is 12.6 Å². The molecular weight excluding hydrogens is 368 g/mol. The van der Waals surface area contributed by atoms with Crippen LogP contribution in [0.1, 0.15) is 36.1 Å². The van der Waals surface area contributed by atoms with Crippen LogP contribution in [-0.2, 0) is 22.7 Å². The van der Waals surface area contributed by atoms with Crippen molar-refractivity contribution in [3.63, 3.8) is 0 Å². The Balaban J connectivity index is 1.43. The van der Waals surface area contributed by atoms with E-state index in [-0.39, 0.29) is 5.75 Å². The largest absolute Gasteiger partial charge is 0.367 e. The fourth-order valence-corrected chi connectivity index (χ4v) is 5.81. The van der Waals surface area contributed by atoms with Crippen molar-refractivity contribution in [3.05, 3.63) is 16.8 Å². The van der Waals surface area contributed by atoms with Crippen LogP contribution in [0.25, 0.3) is 10.2 Å². The molecule has 0 aromatic carbocycles. The molecule has 1 N–H and O–H groups in total. The summed E-state index contributed by atoms with van der Waals surface area (Å²) in [5.41, 5.74) is 1.46. The van der Waals surface area contributed by atoms with Crippen LogP contribution in [0.2, 0.25) is 0 Å². The van der Waals surface area contributed by atoms with Crippen molar-refractivity contribution in [2.75, 3.05) is 37.0 Å². The molecule has 6 nitrogen and oxygen atoms in total. The molecule has 2 aromatic heterocycles. The smallest absolute Gasteiger partial charge is 0.148 e. The summed E-state index contributed by atoms with van der Waals surface area (Å²) in [6.45, 7) is 2.51. The molecule has 0 unspecified atom stereocenters. The Morgan fingerprint density at radius 1 is 1.23 bits per heavy atom. The van der Waals surface area contributed by atoms with Crippen LogP contribution in [-0.4, -0.2) is 61.0 Å². The number of hydrogen-bond donors (Lipinski definition) is 1. The van der Waals surface area contributed by atoms with E-state index in [0.717, 1.165) is 43.0 Å². The summed E-state index contributed by atoms with van der Waals surface area (Å²) in [5, 5.41) is 4.91. The first-order valence-electron chi connectivity index (χ1n) is 9.41. The molecule has 0 atom stereocenters. The third-order valence-corrected chi connectivity index (χ3v) is 7.58. The third-order valence-electron chi connectivity index (χ3n) is 5.46. The Hall–Kier alpha value is -1.25. The van der Waals surface area contributed by atoms with Crippen LogP contribution in [0.4, 0.5) is 5.82 Å². The van der Waals surface area contributed by atoms with Crippen molar-refractivity contribution in [1.29, 1.82) is 0 Å². The van der Waals surface area contributed by atoms with Gasteiger partial charge in [0.05, 0.1) is 11.1 Å². The lowest BCUT2D eigenvalue weighted by molar-refractivity contribution is 0.230. The van der Waals surface area contributed by atoms with Crippen molar-refractivity contribution >= 4 is 37.2 Å². The number of thiophene rings is 1. The van der Waals surface area contributed by atoms with Crippen molar-refractivity contribution < 1.29 is 8.42 Å². The van der Waals surface area contributed by atoms with Gasteiger partial charge in [0.1, 0.15) is 26.8 Å². The van der Waals surface area contributed by atoms with Crippen LogP contribution in [0.15, 0.2) is 6.33 Å². The number of aromatic nitrogens is 2. The monoisotopic (exact) mass is 394 g/mol. The van der Waals surface area contributed by atoms with E-state index in [9.17, 15) is 8.42 Å². The van der Waals surface area contributed by atoms with Gasteiger partial charge in [-0.1, -0.05) is 0 Å². The van der Waals surface area contributed by atoms with E-state index in [1.807, 2.05) is 11.3 Å². The maximum Gasteiger partial charge on any atom is 0.148 e. The van der Waals surface area contributed by atoms with Crippen LogP contribution in [0, 0.1) is 0 Å².